The lowest BCUT2D eigenvalue weighted by molar-refractivity contribution is -0.134. The fraction of sp³-hybridized carbons (Fsp3) is 0.632. The molecule has 3 rings (SSSR count). The predicted molar refractivity (Wildman–Crippen MR) is 93.4 cm³/mol. The van der Waals surface area contributed by atoms with Crippen molar-refractivity contribution >= 4 is 5.91 Å². The number of piperidine rings is 1. The zero-order valence-electron chi connectivity index (χ0n) is 14.4. The van der Waals surface area contributed by atoms with E-state index in [1.807, 2.05) is 18.0 Å². The average molecular weight is 315 g/mol. The summed E-state index contributed by atoms with van der Waals surface area (Å²) in [5, 5.41) is 3.44. The summed E-state index contributed by atoms with van der Waals surface area (Å²) in [5.41, 5.74) is 1.65. The van der Waals surface area contributed by atoms with Gasteiger partial charge in [-0.3, -0.25) is 9.69 Å². The molecule has 1 amide bonds. The SMILES string of the molecule is CN(CCc1ccccc1)C(=O)C1CC2(CCNCC2)CN1C. The normalized spacial score (nSPS) is 24.0. The van der Waals surface area contributed by atoms with Crippen LogP contribution in [0.15, 0.2) is 30.3 Å². The summed E-state index contributed by atoms with van der Waals surface area (Å²) in [5.74, 6) is 0.291. The highest BCUT2D eigenvalue weighted by Crippen LogP contribution is 2.41. The quantitative estimate of drug-likeness (QED) is 0.920. The first-order valence-corrected chi connectivity index (χ1v) is 8.80. The van der Waals surface area contributed by atoms with Gasteiger partial charge < -0.3 is 10.2 Å². The van der Waals surface area contributed by atoms with E-state index >= 15 is 0 Å². The van der Waals surface area contributed by atoms with E-state index in [4.69, 9.17) is 0 Å². The Morgan fingerprint density at radius 3 is 2.70 bits per heavy atom. The van der Waals surface area contributed by atoms with E-state index in [1.165, 1.54) is 18.4 Å². The topological polar surface area (TPSA) is 35.6 Å². The van der Waals surface area contributed by atoms with Gasteiger partial charge >= 0.3 is 0 Å². The van der Waals surface area contributed by atoms with Crippen molar-refractivity contribution in [1.82, 2.24) is 15.1 Å². The van der Waals surface area contributed by atoms with E-state index in [-0.39, 0.29) is 6.04 Å². The lowest BCUT2D eigenvalue weighted by atomic mass is 9.77. The molecule has 1 aromatic carbocycles. The van der Waals surface area contributed by atoms with Gasteiger partial charge in [-0.1, -0.05) is 30.3 Å². The summed E-state index contributed by atoms with van der Waals surface area (Å²) >= 11 is 0. The molecule has 2 fully saturated rings. The molecule has 0 aliphatic carbocycles. The molecule has 1 N–H and O–H groups in total. The van der Waals surface area contributed by atoms with Crippen LogP contribution in [0.25, 0.3) is 0 Å². The minimum Gasteiger partial charge on any atom is -0.344 e. The molecule has 0 aromatic heterocycles. The molecule has 0 saturated carbocycles. The van der Waals surface area contributed by atoms with Crippen molar-refractivity contribution in [3.63, 3.8) is 0 Å². The van der Waals surface area contributed by atoms with Crippen LogP contribution in [0.1, 0.15) is 24.8 Å². The largest absolute Gasteiger partial charge is 0.344 e. The van der Waals surface area contributed by atoms with Crippen molar-refractivity contribution in [3.8, 4) is 0 Å². The maximum absolute atomic E-state index is 12.9. The number of hydrogen-bond donors (Lipinski definition) is 1. The Labute approximate surface area is 139 Å². The van der Waals surface area contributed by atoms with Crippen LogP contribution in [0.4, 0.5) is 0 Å². The highest BCUT2D eigenvalue weighted by Gasteiger charge is 2.46. The third-order valence-electron chi connectivity index (χ3n) is 5.65. The minimum atomic E-state index is 0.0638. The Morgan fingerprint density at radius 1 is 1.30 bits per heavy atom. The van der Waals surface area contributed by atoms with E-state index in [1.54, 1.807) is 0 Å². The summed E-state index contributed by atoms with van der Waals surface area (Å²) in [6.07, 6.45) is 4.36. The lowest BCUT2D eigenvalue weighted by Gasteiger charge is -2.33. The van der Waals surface area contributed by atoms with Crippen LogP contribution in [-0.2, 0) is 11.2 Å². The summed E-state index contributed by atoms with van der Waals surface area (Å²) in [7, 11) is 4.07. The van der Waals surface area contributed by atoms with E-state index in [0.717, 1.165) is 39.0 Å². The van der Waals surface area contributed by atoms with Crippen molar-refractivity contribution in [2.75, 3.05) is 40.3 Å². The number of likely N-dealkylation sites (tertiary alicyclic amines) is 1. The summed E-state index contributed by atoms with van der Waals surface area (Å²) in [6, 6.07) is 10.5. The molecule has 126 valence electrons. The lowest BCUT2D eigenvalue weighted by Crippen LogP contribution is -2.43. The van der Waals surface area contributed by atoms with Crippen LogP contribution >= 0.6 is 0 Å². The summed E-state index contributed by atoms with van der Waals surface area (Å²) in [4.78, 5) is 17.1. The fourth-order valence-electron chi connectivity index (χ4n) is 4.17. The monoisotopic (exact) mass is 315 g/mol. The predicted octanol–water partition coefficient (Wildman–Crippen LogP) is 1.76. The second kappa shape index (κ2) is 7.02. The van der Waals surface area contributed by atoms with Gasteiger partial charge in [0, 0.05) is 20.1 Å². The first-order valence-electron chi connectivity index (χ1n) is 8.80. The molecule has 1 aromatic rings. The second-order valence-corrected chi connectivity index (χ2v) is 7.38. The number of hydrogen-bond acceptors (Lipinski definition) is 3. The van der Waals surface area contributed by atoms with E-state index in [2.05, 4.69) is 41.5 Å². The Morgan fingerprint density at radius 2 is 2.00 bits per heavy atom. The molecule has 2 aliphatic heterocycles. The number of amides is 1. The van der Waals surface area contributed by atoms with Gasteiger partial charge in [-0.15, -0.1) is 0 Å². The van der Waals surface area contributed by atoms with E-state index in [0.29, 0.717) is 11.3 Å². The molecule has 23 heavy (non-hydrogen) atoms. The molecule has 0 radical (unpaired) electrons. The number of rotatable bonds is 4. The number of carbonyl (C=O) groups excluding carboxylic acids is 1. The van der Waals surface area contributed by atoms with Gasteiger partial charge in [-0.25, -0.2) is 0 Å². The smallest absolute Gasteiger partial charge is 0.239 e. The first kappa shape index (κ1) is 16.5. The van der Waals surface area contributed by atoms with Crippen LogP contribution in [0.3, 0.4) is 0 Å². The average Bonchev–Trinajstić information content (AvgIpc) is 2.89. The molecular formula is C19H29N3O. The Hall–Kier alpha value is -1.39. The Balaban J connectivity index is 1.56. The Kier molecular flexibility index (Phi) is 5.02. The molecule has 2 aliphatic rings. The number of likely N-dealkylation sites (N-methyl/N-ethyl adjacent to an activating group) is 2. The maximum atomic E-state index is 12.9. The van der Waals surface area contributed by atoms with Gasteiger partial charge in [0.15, 0.2) is 0 Å². The minimum absolute atomic E-state index is 0.0638. The van der Waals surface area contributed by atoms with Gasteiger partial charge in [0.25, 0.3) is 0 Å². The molecule has 1 atom stereocenters. The molecule has 0 bridgehead atoms. The van der Waals surface area contributed by atoms with Crippen molar-refractivity contribution in [2.45, 2.75) is 31.7 Å². The molecule has 4 nitrogen and oxygen atoms in total. The number of carbonyl (C=O) groups is 1. The van der Waals surface area contributed by atoms with Crippen molar-refractivity contribution in [2.24, 2.45) is 5.41 Å². The van der Waals surface area contributed by atoms with Gasteiger partial charge in [-0.2, -0.15) is 0 Å². The molecule has 2 saturated heterocycles. The maximum Gasteiger partial charge on any atom is 0.239 e. The third-order valence-corrected chi connectivity index (χ3v) is 5.65. The van der Waals surface area contributed by atoms with E-state index in [9.17, 15) is 4.79 Å². The summed E-state index contributed by atoms with van der Waals surface area (Å²) in [6.45, 7) is 4.05. The van der Waals surface area contributed by atoms with Crippen molar-refractivity contribution < 1.29 is 4.79 Å². The van der Waals surface area contributed by atoms with Crippen LogP contribution in [-0.4, -0.2) is 62.0 Å². The zero-order valence-corrected chi connectivity index (χ0v) is 14.4. The van der Waals surface area contributed by atoms with Crippen LogP contribution < -0.4 is 5.32 Å². The standard InChI is InChI=1S/C19H29N3O/c1-21(13-8-16-6-4-3-5-7-16)18(23)17-14-19(15-22(17)2)9-11-20-12-10-19/h3-7,17,20H,8-15H2,1-2H3. The fourth-order valence-corrected chi connectivity index (χ4v) is 4.17. The van der Waals surface area contributed by atoms with Gasteiger partial charge in [0.1, 0.15) is 0 Å². The van der Waals surface area contributed by atoms with Crippen LogP contribution in [0, 0.1) is 5.41 Å². The molecule has 1 unspecified atom stereocenters. The van der Waals surface area contributed by atoms with E-state index < -0.39 is 0 Å². The van der Waals surface area contributed by atoms with Crippen LogP contribution in [0.2, 0.25) is 0 Å². The number of nitrogens with one attached hydrogen (secondary N) is 1. The number of nitrogens with zero attached hydrogens (tertiary/aromatic N) is 2. The van der Waals surface area contributed by atoms with Crippen LogP contribution in [0.5, 0.6) is 0 Å². The highest BCUT2D eigenvalue weighted by molar-refractivity contribution is 5.82. The third kappa shape index (κ3) is 3.75. The van der Waals surface area contributed by atoms with Gasteiger partial charge in [0.05, 0.1) is 6.04 Å². The van der Waals surface area contributed by atoms with Gasteiger partial charge in [0.2, 0.25) is 5.91 Å². The Bertz CT molecular complexity index is 525. The van der Waals surface area contributed by atoms with Crippen molar-refractivity contribution in [3.05, 3.63) is 35.9 Å². The summed E-state index contributed by atoms with van der Waals surface area (Å²) < 4.78 is 0. The second-order valence-electron chi connectivity index (χ2n) is 7.38. The molecule has 1 spiro atoms. The molecule has 4 heteroatoms. The van der Waals surface area contributed by atoms with Crippen molar-refractivity contribution in [1.29, 1.82) is 0 Å². The van der Waals surface area contributed by atoms with Gasteiger partial charge in [-0.05, 0) is 56.8 Å². The molecular weight excluding hydrogens is 286 g/mol. The highest BCUT2D eigenvalue weighted by atomic mass is 16.2. The zero-order chi connectivity index (χ0) is 16.3. The first-order chi connectivity index (χ1) is 11.1. The molecule has 2 heterocycles. The number of benzene rings is 1.